The van der Waals surface area contributed by atoms with Crippen LogP contribution in [0, 0.1) is 12.7 Å². The fraction of sp³-hybridized carbons (Fsp3) is 0.0909. The molecule has 0 bridgehead atoms. The number of hydrogen-bond donors (Lipinski definition) is 1. The SMILES string of the molecule is Cc1cccnc1NC(=O)c1cc2ccccc2n1Cc1ccccc1F. The third-order valence-electron chi connectivity index (χ3n) is 4.57. The van der Waals surface area contributed by atoms with Crippen molar-refractivity contribution < 1.29 is 9.18 Å². The Kier molecular flexibility index (Phi) is 4.42. The van der Waals surface area contributed by atoms with Crippen LogP contribution < -0.4 is 5.32 Å². The van der Waals surface area contributed by atoms with Gasteiger partial charge in [0.25, 0.3) is 5.91 Å². The maximum Gasteiger partial charge on any atom is 0.273 e. The minimum Gasteiger partial charge on any atom is -0.332 e. The van der Waals surface area contributed by atoms with Gasteiger partial charge in [-0.25, -0.2) is 9.37 Å². The van der Waals surface area contributed by atoms with Gasteiger partial charge in [0.05, 0.1) is 6.54 Å². The van der Waals surface area contributed by atoms with Crippen molar-refractivity contribution in [3.05, 3.63) is 95.6 Å². The number of aryl methyl sites for hydroxylation is 1. The molecule has 5 heteroatoms. The van der Waals surface area contributed by atoms with Crippen LogP contribution in [-0.2, 0) is 6.54 Å². The molecule has 0 saturated carbocycles. The van der Waals surface area contributed by atoms with Gasteiger partial charge in [0.2, 0.25) is 0 Å². The smallest absolute Gasteiger partial charge is 0.273 e. The molecular formula is C22H18FN3O. The van der Waals surface area contributed by atoms with Gasteiger partial charge in [-0.3, -0.25) is 4.79 Å². The highest BCUT2D eigenvalue weighted by molar-refractivity contribution is 6.06. The predicted octanol–water partition coefficient (Wildman–Crippen LogP) is 4.78. The van der Waals surface area contributed by atoms with Gasteiger partial charge in [-0.05, 0) is 36.8 Å². The lowest BCUT2D eigenvalue weighted by Gasteiger charge is -2.12. The van der Waals surface area contributed by atoms with Gasteiger partial charge in [-0.15, -0.1) is 0 Å². The number of aromatic nitrogens is 2. The van der Waals surface area contributed by atoms with Crippen molar-refractivity contribution in [2.75, 3.05) is 5.32 Å². The van der Waals surface area contributed by atoms with Crippen LogP contribution in [-0.4, -0.2) is 15.5 Å². The lowest BCUT2D eigenvalue weighted by Crippen LogP contribution is -2.19. The normalized spacial score (nSPS) is 10.9. The van der Waals surface area contributed by atoms with Gasteiger partial charge < -0.3 is 9.88 Å². The van der Waals surface area contributed by atoms with Crippen LogP contribution in [0.4, 0.5) is 10.2 Å². The molecule has 2 aromatic carbocycles. The van der Waals surface area contributed by atoms with Crippen molar-refractivity contribution in [1.82, 2.24) is 9.55 Å². The van der Waals surface area contributed by atoms with E-state index in [1.54, 1.807) is 24.4 Å². The summed E-state index contributed by atoms with van der Waals surface area (Å²) in [6.45, 7) is 2.15. The van der Waals surface area contributed by atoms with Gasteiger partial charge >= 0.3 is 0 Å². The molecular weight excluding hydrogens is 341 g/mol. The minimum atomic E-state index is -0.290. The summed E-state index contributed by atoms with van der Waals surface area (Å²) in [7, 11) is 0. The van der Waals surface area contributed by atoms with Gasteiger partial charge in [0, 0.05) is 22.7 Å². The summed E-state index contributed by atoms with van der Waals surface area (Å²) in [5.74, 6) is -0.0447. The highest BCUT2D eigenvalue weighted by atomic mass is 19.1. The molecule has 1 N–H and O–H groups in total. The number of rotatable bonds is 4. The molecule has 0 aliphatic heterocycles. The molecule has 4 rings (SSSR count). The van der Waals surface area contributed by atoms with Crippen LogP contribution in [0.1, 0.15) is 21.6 Å². The Hall–Kier alpha value is -3.47. The third kappa shape index (κ3) is 3.31. The molecule has 4 nitrogen and oxygen atoms in total. The maximum atomic E-state index is 14.2. The Morgan fingerprint density at radius 2 is 1.85 bits per heavy atom. The average Bonchev–Trinajstić information content (AvgIpc) is 3.04. The molecule has 0 radical (unpaired) electrons. The monoisotopic (exact) mass is 359 g/mol. The van der Waals surface area contributed by atoms with E-state index in [0.29, 0.717) is 17.1 Å². The molecule has 0 atom stereocenters. The molecule has 0 unspecified atom stereocenters. The molecule has 2 aromatic heterocycles. The Bertz CT molecular complexity index is 1130. The van der Waals surface area contributed by atoms with Gasteiger partial charge in [-0.2, -0.15) is 0 Å². The van der Waals surface area contributed by atoms with Crippen molar-refractivity contribution in [3.8, 4) is 0 Å². The summed E-state index contributed by atoms with van der Waals surface area (Å²) >= 11 is 0. The van der Waals surface area contributed by atoms with Crippen molar-refractivity contribution in [3.63, 3.8) is 0 Å². The number of benzene rings is 2. The number of nitrogens with one attached hydrogen (secondary N) is 1. The summed E-state index contributed by atoms with van der Waals surface area (Å²) in [6, 6.07) is 19.8. The first-order chi connectivity index (χ1) is 13.1. The molecule has 4 aromatic rings. The number of pyridine rings is 1. The second-order valence-corrected chi connectivity index (χ2v) is 6.39. The topological polar surface area (TPSA) is 46.9 Å². The van der Waals surface area contributed by atoms with Gasteiger partial charge in [0.1, 0.15) is 17.3 Å². The molecule has 2 heterocycles. The highest BCUT2D eigenvalue weighted by Crippen LogP contribution is 2.23. The zero-order valence-electron chi connectivity index (χ0n) is 14.8. The van der Waals surface area contributed by atoms with Crippen LogP contribution in [0.5, 0.6) is 0 Å². The summed E-state index contributed by atoms with van der Waals surface area (Å²) in [5.41, 5.74) is 2.75. The van der Waals surface area contributed by atoms with Crippen molar-refractivity contribution in [2.24, 2.45) is 0 Å². The summed E-state index contributed by atoms with van der Waals surface area (Å²) in [4.78, 5) is 17.2. The lowest BCUT2D eigenvalue weighted by atomic mass is 10.2. The van der Waals surface area contributed by atoms with E-state index in [9.17, 15) is 9.18 Å². The molecule has 0 aliphatic carbocycles. The maximum absolute atomic E-state index is 14.2. The fourth-order valence-electron chi connectivity index (χ4n) is 3.15. The first-order valence-electron chi connectivity index (χ1n) is 8.68. The van der Waals surface area contributed by atoms with Crippen LogP contribution in [0.3, 0.4) is 0 Å². The van der Waals surface area contributed by atoms with Crippen molar-refractivity contribution >= 4 is 22.6 Å². The first-order valence-corrected chi connectivity index (χ1v) is 8.68. The van der Waals surface area contributed by atoms with E-state index in [-0.39, 0.29) is 18.3 Å². The third-order valence-corrected chi connectivity index (χ3v) is 4.57. The second-order valence-electron chi connectivity index (χ2n) is 6.39. The number of amides is 1. The largest absolute Gasteiger partial charge is 0.332 e. The Morgan fingerprint density at radius 3 is 2.67 bits per heavy atom. The number of carbonyl (C=O) groups is 1. The van der Waals surface area contributed by atoms with Gasteiger partial charge in [-0.1, -0.05) is 42.5 Å². The van der Waals surface area contributed by atoms with E-state index in [4.69, 9.17) is 0 Å². The molecule has 1 amide bonds. The van der Waals surface area contributed by atoms with E-state index in [1.165, 1.54) is 6.07 Å². The predicted molar refractivity (Wildman–Crippen MR) is 104 cm³/mol. The highest BCUT2D eigenvalue weighted by Gasteiger charge is 2.17. The Morgan fingerprint density at radius 1 is 1.07 bits per heavy atom. The van der Waals surface area contributed by atoms with E-state index in [2.05, 4.69) is 10.3 Å². The van der Waals surface area contributed by atoms with Crippen LogP contribution >= 0.6 is 0 Å². The molecule has 0 saturated heterocycles. The quantitative estimate of drug-likeness (QED) is 0.570. The summed E-state index contributed by atoms with van der Waals surface area (Å²) in [6.07, 6.45) is 1.64. The zero-order chi connectivity index (χ0) is 18.8. The number of anilines is 1. The van der Waals surface area contributed by atoms with Gasteiger partial charge in [0.15, 0.2) is 0 Å². The van der Waals surface area contributed by atoms with E-state index < -0.39 is 0 Å². The Balaban J connectivity index is 1.77. The van der Waals surface area contributed by atoms with Crippen molar-refractivity contribution in [2.45, 2.75) is 13.5 Å². The first kappa shape index (κ1) is 17.0. The van der Waals surface area contributed by atoms with E-state index in [0.717, 1.165) is 16.5 Å². The fourth-order valence-corrected chi connectivity index (χ4v) is 3.15. The summed E-state index contributed by atoms with van der Waals surface area (Å²) < 4.78 is 16.0. The molecule has 0 fully saturated rings. The van der Waals surface area contributed by atoms with Crippen LogP contribution in [0.15, 0.2) is 72.9 Å². The lowest BCUT2D eigenvalue weighted by molar-refractivity contribution is 0.101. The summed E-state index contributed by atoms with van der Waals surface area (Å²) in [5, 5.41) is 3.79. The minimum absolute atomic E-state index is 0.268. The molecule has 0 aliphatic rings. The number of carbonyl (C=O) groups excluding carboxylic acids is 1. The number of nitrogens with zero attached hydrogens (tertiary/aromatic N) is 2. The average molecular weight is 359 g/mol. The zero-order valence-corrected chi connectivity index (χ0v) is 14.8. The standard InChI is InChI=1S/C22H18FN3O/c1-15-7-6-12-24-21(15)25-22(27)20-13-16-8-3-5-11-19(16)26(20)14-17-9-2-4-10-18(17)23/h2-13H,14H2,1H3,(H,24,25,27). The van der Waals surface area contributed by atoms with Crippen molar-refractivity contribution in [1.29, 1.82) is 0 Å². The van der Waals surface area contributed by atoms with Crippen LogP contribution in [0.25, 0.3) is 10.9 Å². The van der Waals surface area contributed by atoms with Crippen LogP contribution in [0.2, 0.25) is 0 Å². The second kappa shape index (κ2) is 7.03. The molecule has 0 spiro atoms. The molecule has 134 valence electrons. The van der Waals surface area contributed by atoms with E-state index in [1.807, 2.05) is 54.0 Å². The number of hydrogen-bond acceptors (Lipinski definition) is 2. The Labute approximate surface area is 156 Å². The van der Waals surface area contributed by atoms with E-state index >= 15 is 0 Å². The number of fused-ring (bicyclic) bond motifs is 1. The molecule has 27 heavy (non-hydrogen) atoms. The number of halogens is 1. The number of para-hydroxylation sites is 1.